The molecular weight excluding hydrogens is 288 g/mol. The first-order valence-corrected chi connectivity index (χ1v) is 8.86. The van der Waals surface area contributed by atoms with Crippen molar-refractivity contribution < 1.29 is 13.2 Å². The van der Waals surface area contributed by atoms with Gasteiger partial charge in [0, 0.05) is 12.2 Å². The minimum atomic E-state index is -3.53. The Balaban J connectivity index is 2.06. The fraction of sp³-hybridized carbons (Fsp3) is 0.600. The second-order valence-corrected chi connectivity index (χ2v) is 7.78. The van der Waals surface area contributed by atoms with E-state index in [4.69, 9.17) is 10.5 Å². The van der Waals surface area contributed by atoms with Crippen LogP contribution in [-0.2, 0) is 14.8 Å². The van der Waals surface area contributed by atoms with Gasteiger partial charge in [0.25, 0.3) is 0 Å². The topological polar surface area (TPSA) is 72.6 Å². The van der Waals surface area contributed by atoms with Gasteiger partial charge in [-0.1, -0.05) is 6.07 Å². The van der Waals surface area contributed by atoms with Gasteiger partial charge in [0.2, 0.25) is 10.0 Å². The summed E-state index contributed by atoms with van der Waals surface area (Å²) in [6.07, 6.45) is 2.90. The van der Waals surface area contributed by atoms with Gasteiger partial charge in [0.1, 0.15) is 0 Å². The highest BCUT2D eigenvalue weighted by atomic mass is 32.2. The molecule has 2 N–H and O–H groups in total. The average molecular weight is 310 g/mol. The summed E-state index contributed by atoms with van der Waals surface area (Å²) in [6.45, 7) is 4.51. The number of sulfonamides is 1. The molecule has 1 aliphatic carbocycles. The fourth-order valence-corrected chi connectivity index (χ4v) is 5.67. The predicted octanol–water partition coefficient (Wildman–Crippen LogP) is 1.83. The van der Waals surface area contributed by atoms with Crippen molar-refractivity contribution in [2.24, 2.45) is 0 Å². The Morgan fingerprint density at radius 3 is 2.81 bits per heavy atom. The molecule has 2 atom stereocenters. The van der Waals surface area contributed by atoms with Crippen LogP contribution in [0.5, 0.6) is 0 Å². The van der Waals surface area contributed by atoms with Crippen LogP contribution >= 0.6 is 0 Å². The van der Waals surface area contributed by atoms with Crippen LogP contribution in [0.25, 0.3) is 0 Å². The monoisotopic (exact) mass is 310 g/mol. The van der Waals surface area contributed by atoms with E-state index in [1.807, 2.05) is 6.92 Å². The van der Waals surface area contributed by atoms with Crippen molar-refractivity contribution in [3.63, 3.8) is 0 Å². The number of hydrogen-bond donors (Lipinski definition) is 1. The third-order valence-electron chi connectivity index (χ3n) is 4.64. The van der Waals surface area contributed by atoms with E-state index in [2.05, 4.69) is 0 Å². The molecular formula is C15H22N2O3S. The Bertz CT molecular complexity index is 657. The van der Waals surface area contributed by atoms with Gasteiger partial charge in [-0.3, -0.25) is 0 Å². The summed E-state index contributed by atoms with van der Waals surface area (Å²) in [5.41, 5.74) is 7.84. The van der Waals surface area contributed by atoms with Gasteiger partial charge in [0.05, 0.1) is 23.6 Å². The number of nitrogens with two attached hydrogens (primary N) is 1. The summed E-state index contributed by atoms with van der Waals surface area (Å²) >= 11 is 0. The maximum Gasteiger partial charge on any atom is 0.244 e. The van der Waals surface area contributed by atoms with Crippen molar-refractivity contribution in [2.75, 3.05) is 18.9 Å². The van der Waals surface area contributed by atoms with Crippen LogP contribution in [0.1, 0.15) is 30.4 Å². The number of nitrogens with zero attached hydrogens (tertiary/aromatic N) is 1. The van der Waals surface area contributed by atoms with Crippen molar-refractivity contribution >= 4 is 15.7 Å². The van der Waals surface area contributed by atoms with E-state index in [1.54, 1.807) is 23.4 Å². The van der Waals surface area contributed by atoms with Crippen LogP contribution in [0, 0.1) is 13.8 Å². The molecule has 2 fully saturated rings. The molecule has 1 aromatic rings. The normalized spacial score (nSPS) is 26.8. The van der Waals surface area contributed by atoms with Crippen molar-refractivity contribution in [3.05, 3.63) is 23.3 Å². The van der Waals surface area contributed by atoms with Crippen LogP contribution in [0.3, 0.4) is 0 Å². The van der Waals surface area contributed by atoms with E-state index in [-0.39, 0.29) is 12.1 Å². The van der Waals surface area contributed by atoms with Crippen LogP contribution < -0.4 is 5.73 Å². The number of ether oxygens (including phenoxy) is 1. The standard InChI is InChI=1S/C15H22N2O3S/c1-10-6-7-12(16)11(2)15(10)21(18,19)17-8-9-20-14-5-3-4-13(14)17/h6-7,13-14H,3-5,8-9,16H2,1-2H3. The number of rotatable bonds is 2. The van der Waals surface area contributed by atoms with E-state index >= 15 is 0 Å². The molecule has 1 saturated carbocycles. The maximum absolute atomic E-state index is 13.1. The van der Waals surface area contributed by atoms with Crippen LogP contribution in [-0.4, -0.2) is 38.0 Å². The van der Waals surface area contributed by atoms with Crippen molar-refractivity contribution in [1.29, 1.82) is 0 Å². The highest BCUT2D eigenvalue weighted by Gasteiger charge is 2.43. The Labute approximate surface area is 126 Å². The summed E-state index contributed by atoms with van der Waals surface area (Å²) in [5.74, 6) is 0. The van der Waals surface area contributed by atoms with Gasteiger partial charge in [-0.2, -0.15) is 4.31 Å². The Morgan fingerprint density at radius 1 is 1.29 bits per heavy atom. The van der Waals surface area contributed by atoms with E-state index in [9.17, 15) is 8.42 Å². The molecule has 1 heterocycles. The predicted molar refractivity (Wildman–Crippen MR) is 81.6 cm³/mol. The molecule has 116 valence electrons. The maximum atomic E-state index is 13.1. The molecule has 2 aliphatic rings. The molecule has 3 rings (SSSR count). The van der Waals surface area contributed by atoms with Gasteiger partial charge in [0.15, 0.2) is 0 Å². The van der Waals surface area contributed by atoms with Crippen molar-refractivity contribution in [3.8, 4) is 0 Å². The number of anilines is 1. The zero-order chi connectivity index (χ0) is 15.2. The molecule has 2 unspecified atom stereocenters. The van der Waals surface area contributed by atoms with Crippen molar-refractivity contribution in [1.82, 2.24) is 4.31 Å². The molecule has 0 radical (unpaired) electrons. The summed E-state index contributed by atoms with van der Waals surface area (Å²) in [7, 11) is -3.53. The molecule has 0 bridgehead atoms. The summed E-state index contributed by atoms with van der Waals surface area (Å²) in [5, 5.41) is 0. The van der Waals surface area contributed by atoms with Gasteiger partial charge in [-0.05, 0) is 50.3 Å². The van der Waals surface area contributed by atoms with E-state index in [0.717, 1.165) is 24.8 Å². The SMILES string of the molecule is Cc1ccc(N)c(C)c1S(=O)(=O)N1CCOC2CCCC21. The van der Waals surface area contributed by atoms with Crippen LogP contribution in [0.2, 0.25) is 0 Å². The molecule has 6 heteroatoms. The Kier molecular flexibility index (Phi) is 3.71. The third kappa shape index (κ3) is 2.35. The third-order valence-corrected chi connectivity index (χ3v) is 6.86. The van der Waals surface area contributed by atoms with Crippen LogP contribution in [0.4, 0.5) is 5.69 Å². The summed E-state index contributed by atoms with van der Waals surface area (Å²) in [6, 6.07) is 3.52. The zero-order valence-electron chi connectivity index (χ0n) is 12.5. The van der Waals surface area contributed by atoms with Gasteiger partial charge in [-0.25, -0.2) is 8.42 Å². The second kappa shape index (κ2) is 5.26. The first-order chi connectivity index (χ1) is 9.93. The number of benzene rings is 1. The number of aryl methyl sites for hydroxylation is 1. The lowest BCUT2D eigenvalue weighted by atomic mass is 10.1. The molecule has 0 amide bonds. The number of fused-ring (bicyclic) bond motifs is 1. The highest BCUT2D eigenvalue weighted by Crippen LogP contribution is 2.35. The molecule has 1 aliphatic heterocycles. The number of nitrogen functional groups attached to an aromatic ring is 1. The quantitative estimate of drug-likeness (QED) is 0.846. The molecule has 1 aromatic carbocycles. The smallest absolute Gasteiger partial charge is 0.244 e. The summed E-state index contributed by atoms with van der Waals surface area (Å²) in [4.78, 5) is 0.370. The fourth-order valence-electron chi connectivity index (χ4n) is 3.55. The molecule has 0 aromatic heterocycles. The zero-order valence-corrected chi connectivity index (χ0v) is 13.3. The first kappa shape index (κ1) is 14.8. The summed E-state index contributed by atoms with van der Waals surface area (Å²) < 4.78 is 33.6. The highest BCUT2D eigenvalue weighted by molar-refractivity contribution is 7.89. The van der Waals surface area contributed by atoms with Gasteiger partial charge < -0.3 is 10.5 Å². The number of hydrogen-bond acceptors (Lipinski definition) is 4. The van der Waals surface area contributed by atoms with Gasteiger partial charge >= 0.3 is 0 Å². The Morgan fingerprint density at radius 2 is 2.05 bits per heavy atom. The van der Waals surface area contributed by atoms with E-state index in [0.29, 0.717) is 29.3 Å². The molecule has 0 spiro atoms. The van der Waals surface area contributed by atoms with E-state index in [1.165, 1.54) is 0 Å². The Hall–Kier alpha value is -1.11. The lowest BCUT2D eigenvalue weighted by Gasteiger charge is -2.37. The molecule has 21 heavy (non-hydrogen) atoms. The first-order valence-electron chi connectivity index (χ1n) is 7.42. The second-order valence-electron chi connectivity index (χ2n) is 5.95. The van der Waals surface area contributed by atoms with Crippen molar-refractivity contribution in [2.45, 2.75) is 50.2 Å². The molecule has 5 nitrogen and oxygen atoms in total. The molecule has 1 saturated heterocycles. The largest absolute Gasteiger partial charge is 0.398 e. The number of morpholine rings is 1. The lowest BCUT2D eigenvalue weighted by molar-refractivity contribution is -0.0242. The minimum Gasteiger partial charge on any atom is -0.398 e. The lowest BCUT2D eigenvalue weighted by Crippen LogP contribution is -2.51. The van der Waals surface area contributed by atoms with Gasteiger partial charge in [-0.15, -0.1) is 0 Å². The van der Waals surface area contributed by atoms with E-state index < -0.39 is 10.0 Å². The minimum absolute atomic E-state index is 0.0241. The average Bonchev–Trinajstić information content (AvgIpc) is 2.91. The van der Waals surface area contributed by atoms with Crippen LogP contribution in [0.15, 0.2) is 17.0 Å².